The van der Waals surface area contributed by atoms with Gasteiger partial charge in [-0.2, -0.15) is 0 Å². The molecule has 0 aliphatic carbocycles. The molecule has 0 spiro atoms. The lowest BCUT2D eigenvalue weighted by molar-refractivity contribution is 0.101. The Kier molecular flexibility index (Phi) is 5.11. The van der Waals surface area contributed by atoms with Gasteiger partial charge >= 0.3 is 0 Å². The third-order valence-electron chi connectivity index (χ3n) is 2.42. The lowest BCUT2D eigenvalue weighted by Gasteiger charge is -2.14. The van der Waals surface area contributed by atoms with Crippen LogP contribution in [-0.4, -0.2) is 35.3 Å². The molecular weight excluding hydrogens is 286 g/mol. The highest BCUT2D eigenvalue weighted by molar-refractivity contribution is 9.10. The number of aliphatic hydroxyl groups is 2. The Labute approximate surface area is 109 Å². The Bertz CT molecular complexity index is 420. The van der Waals surface area contributed by atoms with Crippen molar-refractivity contribution in [3.05, 3.63) is 27.7 Å². The summed E-state index contributed by atoms with van der Waals surface area (Å²) in [5.74, 6) is -0.0494. The second kappa shape index (κ2) is 6.14. The van der Waals surface area contributed by atoms with Crippen LogP contribution in [0.15, 0.2) is 16.6 Å². The van der Waals surface area contributed by atoms with Crippen LogP contribution in [0.3, 0.4) is 0 Å². The van der Waals surface area contributed by atoms with Crippen LogP contribution < -0.4 is 5.32 Å². The summed E-state index contributed by atoms with van der Waals surface area (Å²) in [6.07, 6.45) is -0.834. The molecule has 1 atom stereocenters. The normalized spacial score (nSPS) is 12.3. The quantitative estimate of drug-likeness (QED) is 0.725. The summed E-state index contributed by atoms with van der Waals surface area (Å²) in [6, 6.07) is 3.59. The molecular formula is C12H16BrNO3. The van der Waals surface area contributed by atoms with Crippen LogP contribution in [0.1, 0.15) is 22.8 Å². The maximum atomic E-state index is 11.5. The van der Waals surface area contributed by atoms with E-state index in [0.717, 1.165) is 10.0 Å². The molecule has 1 aromatic rings. The molecule has 0 bridgehead atoms. The molecule has 0 amide bonds. The predicted molar refractivity (Wildman–Crippen MR) is 70.5 cm³/mol. The zero-order chi connectivity index (χ0) is 13.0. The summed E-state index contributed by atoms with van der Waals surface area (Å²) < 4.78 is 0.871. The highest BCUT2D eigenvalue weighted by Crippen LogP contribution is 2.25. The topological polar surface area (TPSA) is 69.6 Å². The van der Waals surface area contributed by atoms with Gasteiger partial charge in [0.05, 0.1) is 12.7 Å². The van der Waals surface area contributed by atoms with Crippen molar-refractivity contribution in [3.8, 4) is 0 Å². The summed E-state index contributed by atoms with van der Waals surface area (Å²) >= 11 is 3.37. The average Bonchev–Trinajstić information content (AvgIpc) is 2.29. The van der Waals surface area contributed by atoms with E-state index >= 15 is 0 Å². The van der Waals surface area contributed by atoms with Gasteiger partial charge in [0, 0.05) is 22.3 Å². The van der Waals surface area contributed by atoms with Gasteiger partial charge < -0.3 is 15.5 Å². The molecule has 0 radical (unpaired) electrons. The first-order chi connectivity index (χ1) is 7.95. The molecule has 0 aliphatic heterocycles. The Balaban J connectivity index is 2.96. The third-order valence-corrected chi connectivity index (χ3v) is 3.27. The van der Waals surface area contributed by atoms with Gasteiger partial charge in [0.2, 0.25) is 0 Å². The van der Waals surface area contributed by atoms with E-state index in [-0.39, 0.29) is 18.9 Å². The molecule has 1 rings (SSSR count). The number of anilines is 1. The number of carbonyl (C=O) groups excluding carboxylic acids is 1. The van der Waals surface area contributed by atoms with Gasteiger partial charge in [-0.1, -0.05) is 15.9 Å². The molecule has 5 heteroatoms. The van der Waals surface area contributed by atoms with Gasteiger partial charge in [0.25, 0.3) is 0 Å². The van der Waals surface area contributed by atoms with E-state index in [9.17, 15) is 9.90 Å². The molecule has 94 valence electrons. The van der Waals surface area contributed by atoms with E-state index in [4.69, 9.17) is 5.11 Å². The first kappa shape index (κ1) is 14.2. The summed E-state index contributed by atoms with van der Waals surface area (Å²) in [6.45, 7) is 3.31. The molecule has 0 aliphatic rings. The Morgan fingerprint density at radius 3 is 2.71 bits per heavy atom. The van der Waals surface area contributed by atoms with Crippen molar-refractivity contribution in [3.63, 3.8) is 0 Å². The molecule has 1 unspecified atom stereocenters. The number of ketones is 1. The number of halogens is 1. The van der Waals surface area contributed by atoms with E-state index in [1.807, 2.05) is 13.0 Å². The molecule has 0 aromatic heterocycles. The summed E-state index contributed by atoms with van der Waals surface area (Å²) in [4.78, 5) is 11.5. The standard InChI is InChI=1S/C12H16BrNO3/c1-7-3-12(14-5-9(17)6-15)10(8(2)16)4-11(7)13/h3-4,9,14-15,17H,5-6H2,1-2H3. The maximum Gasteiger partial charge on any atom is 0.161 e. The van der Waals surface area contributed by atoms with Crippen molar-refractivity contribution in [2.45, 2.75) is 20.0 Å². The second-order valence-corrected chi connectivity index (χ2v) is 4.77. The average molecular weight is 302 g/mol. The highest BCUT2D eigenvalue weighted by atomic mass is 79.9. The first-order valence-electron chi connectivity index (χ1n) is 5.29. The fourth-order valence-electron chi connectivity index (χ4n) is 1.41. The smallest absolute Gasteiger partial charge is 0.161 e. The van der Waals surface area contributed by atoms with Gasteiger partial charge in [-0.25, -0.2) is 0 Å². The number of aliphatic hydroxyl groups excluding tert-OH is 2. The minimum atomic E-state index is -0.834. The van der Waals surface area contributed by atoms with E-state index in [1.54, 1.807) is 6.07 Å². The Morgan fingerprint density at radius 2 is 2.18 bits per heavy atom. The van der Waals surface area contributed by atoms with Crippen molar-refractivity contribution in [2.75, 3.05) is 18.5 Å². The van der Waals surface area contributed by atoms with Crippen LogP contribution in [0.4, 0.5) is 5.69 Å². The number of hydrogen-bond donors (Lipinski definition) is 3. The molecule has 3 N–H and O–H groups in total. The molecule has 1 aromatic carbocycles. The van der Waals surface area contributed by atoms with Gasteiger partial charge in [0.15, 0.2) is 5.78 Å². The van der Waals surface area contributed by atoms with Crippen molar-refractivity contribution in [1.29, 1.82) is 0 Å². The van der Waals surface area contributed by atoms with Gasteiger partial charge in [-0.15, -0.1) is 0 Å². The fourth-order valence-corrected chi connectivity index (χ4v) is 1.75. The number of Topliss-reactive ketones (excluding diaryl/α,β-unsaturated/α-hetero) is 1. The van der Waals surface area contributed by atoms with Crippen molar-refractivity contribution < 1.29 is 15.0 Å². The van der Waals surface area contributed by atoms with E-state index in [1.165, 1.54) is 6.92 Å². The maximum absolute atomic E-state index is 11.5. The number of rotatable bonds is 5. The zero-order valence-electron chi connectivity index (χ0n) is 9.83. The Hall–Kier alpha value is -0.910. The Morgan fingerprint density at radius 1 is 1.53 bits per heavy atom. The van der Waals surface area contributed by atoms with E-state index < -0.39 is 6.10 Å². The molecule has 0 heterocycles. The summed E-state index contributed by atoms with van der Waals surface area (Å²) in [7, 11) is 0. The summed E-state index contributed by atoms with van der Waals surface area (Å²) in [5.41, 5.74) is 2.23. The van der Waals surface area contributed by atoms with Crippen LogP contribution >= 0.6 is 15.9 Å². The van der Waals surface area contributed by atoms with Crippen molar-refractivity contribution in [2.24, 2.45) is 0 Å². The second-order valence-electron chi connectivity index (χ2n) is 3.92. The monoisotopic (exact) mass is 301 g/mol. The molecule has 0 saturated heterocycles. The third kappa shape index (κ3) is 3.80. The lowest BCUT2D eigenvalue weighted by Crippen LogP contribution is -2.23. The minimum absolute atomic E-state index is 0.0494. The number of hydrogen-bond acceptors (Lipinski definition) is 4. The molecule has 17 heavy (non-hydrogen) atoms. The SMILES string of the molecule is CC(=O)c1cc(Br)c(C)cc1NCC(O)CO. The van der Waals surface area contributed by atoms with Gasteiger partial charge in [-0.05, 0) is 31.5 Å². The van der Waals surface area contributed by atoms with Crippen LogP contribution in [0.5, 0.6) is 0 Å². The predicted octanol–water partition coefficient (Wildman–Crippen LogP) is 1.73. The van der Waals surface area contributed by atoms with Crippen LogP contribution in [-0.2, 0) is 0 Å². The minimum Gasteiger partial charge on any atom is -0.394 e. The van der Waals surface area contributed by atoms with Crippen LogP contribution in [0.2, 0.25) is 0 Å². The number of nitrogens with one attached hydrogen (secondary N) is 1. The van der Waals surface area contributed by atoms with E-state index in [0.29, 0.717) is 11.3 Å². The highest BCUT2D eigenvalue weighted by Gasteiger charge is 2.11. The largest absolute Gasteiger partial charge is 0.394 e. The number of aryl methyl sites for hydroxylation is 1. The van der Waals surface area contributed by atoms with Gasteiger partial charge in [-0.3, -0.25) is 4.79 Å². The first-order valence-corrected chi connectivity index (χ1v) is 6.09. The number of benzene rings is 1. The lowest BCUT2D eigenvalue weighted by atomic mass is 10.1. The molecule has 0 fully saturated rings. The summed E-state index contributed by atoms with van der Waals surface area (Å²) in [5, 5.41) is 21.0. The van der Waals surface area contributed by atoms with Crippen molar-refractivity contribution in [1.82, 2.24) is 0 Å². The van der Waals surface area contributed by atoms with Crippen LogP contribution in [0, 0.1) is 6.92 Å². The van der Waals surface area contributed by atoms with E-state index in [2.05, 4.69) is 21.2 Å². The molecule has 0 saturated carbocycles. The molecule has 4 nitrogen and oxygen atoms in total. The van der Waals surface area contributed by atoms with Crippen LogP contribution in [0.25, 0.3) is 0 Å². The number of carbonyl (C=O) groups is 1. The zero-order valence-corrected chi connectivity index (χ0v) is 11.4. The van der Waals surface area contributed by atoms with Gasteiger partial charge in [0.1, 0.15) is 0 Å². The fraction of sp³-hybridized carbons (Fsp3) is 0.417. The van der Waals surface area contributed by atoms with Crippen molar-refractivity contribution >= 4 is 27.4 Å².